The first kappa shape index (κ1) is 42.1. The zero-order valence-corrected chi connectivity index (χ0v) is 34.5. The first-order chi connectivity index (χ1) is 23.4. The van der Waals surface area contributed by atoms with E-state index in [2.05, 4.69) is 5.32 Å². The van der Waals surface area contributed by atoms with E-state index in [0.717, 1.165) is 26.7 Å². The largest absolute Gasteiger partial charge is 0.489 e. The number of benzene rings is 3. The number of hydrogen-bond donors (Lipinski definition) is 1. The number of alkyl carbamates (subject to hydrolysis) is 1. The molecule has 0 spiro atoms. The second kappa shape index (κ2) is 18.4. The van der Waals surface area contributed by atoms with Crippen LogP contribution in [0.25, 0.3) is 0 Å². The molecule has 2 unspecified atom stereocenters. The van der Waals surface area contributed by atoms with Crippen LogP contribution in [0.3, 0.4) is 0 Å². The van der Waals surface area contributed by atoms with E-state index in [-0.39, 0.29) is 6.61 Å². The maximum Gasteiger partial charge on any atom is 0.474 e. The first-order valence-corrected chi connectivity index (χ1v) is 22.1. The van der Waals surface area contributed by atoms with Crippen LogP contribution >= 0.6 is 31.2 Å². The molecule has 0 fully saturated rings. The van der Waals surface area contributed by atoms with Crippen molar-refractivity contribution in [3.05, 3.63) is 88.9 Å². The van der Waals surface area contributed by atoms with E-state index >= 15 is 0 Å². The van der Waals surface area contributed by atoms with Gasteiger partial charge in [-0.1, -0.05) is 86.6 Å². The number of rotatable bonds is 17. The standard InChI is InChI=1S/C37H53ClNO8PSSi/c1-35(2,3)37(39-34(40)46-36(4,5)6,33(26-45-50(9)10)47-48(41,42-7)43-8)22-21-28-19-20-31(24-32(28)38)49-30-18-14-17-29(23-30)44-25-27-15-12-11-13-16-27/h11-20,23-24,33,50H,21-22,25-26H2,1-10H3,(H,39,40). The van der Waals surface area contributed by atoms with Gasteiger partial charge < -0.3 is 19.2 Å². The van der Waals surface area contributed by atoms with E-state index in [4.69, 9.17) is 39.1 Å². The van der Waals surface area contributed by atoms with Gasteiger partial charge >= 0.3 is 13.9 Å². The van der Waals surface area contributed by atoms with E-state index in [9.17, 15) is 9.36 Å². The summed E-state index contributed by atoms with van der Waals surface area (Å²) < 4.78 is 47.9. The van der Waals surface area contributed by atoms with Gasteiger partial charge in [0.2, 0.25) is 0 Å². The smallest absolute Gasteiger partial charge is 0.474 e. The zero-order valence-electron chi connectivity index (χ0n) is 30.9. The molecule has 0 saturated carbocycles. The van der Waals surface area contributed by atoms with E-state index in [1.54, 1.807) is 32.5 Å². The second-order valence-corrected chi connectivity index (χ2v) is 20.1. The van der Waals surface area contributed by atoms with Crippen LogP contribution in [-0.4, -0.2) is 53.2 Å². The Labute approximate surface area is 309 Å². The van der Waals surface area contributed by atoms with Crippen molar-refractivity contribution in [2.45, 2.75) is 101 Å². The maximum atomic E-state index is 13.5. The van der Waals surface area contributed by atoms with Gasteiger partial charge in [0, 0.05) is 29.0 Å². The summed E-state index contributed by atoms with van der Waals surface area (Å²) in [6.45, 7) is 15.9. The number of carbonyl (C=O) groups excluding carboxylic acids is 1. The highest BCUT2D eigenvalue weighted by Crippen LogP contribution is 2.53. The molecule has 0 aliphatic heterocycles. The van der Waals surface area contributed by atoms with Crippen molar-refractivity contribution in [2.75, 3.05) is 20.8 Å². The van der Waals surface area contributed by atoms with Crippen LogP contribution in [0, 0.1) is 5.41 Å². The number of carbonyl (C=O) groups is 1. The third kappa shape index (κ3) is 12.7. The summed E-state index contributed by atoms with van der Waals surface area (Å²) in [5.41, 5.74) is -0.635. The average Bonchev–Trinajstić information content (AvgIpc) is 3.04. The monoisotopic (exact) mass is 765 g/mol. The van der Waals surface area contributed by atoms with Gasteiger partial charge in [-0.05, 0) is 93.6 Å². The summed E-state index contributed by atoms with van der Waals surface area (Å²) in [6, 6.07) is 23.9. The summed E-state index contributed by atoms with van der Waals surface area (Å²) in [6.07, 6.45) is -0.798. The van der Waals surface area contributed by atoms with E-state index in [0.29, 0.717) is 24.5 Å². The van der Waals surface area contributed by atoms with Crippen molar-refractivity contribution >= 4 is 46.3 Å². The minimum atomic E-state index is -4.01. The molecule has 3 rings (SSSR count). The Kier molecular flexibility index (Phi) is 15.5. The highest BCUT2D eigenvalue weighted by molar-refractivity contribution is 7.99. The molecule has 0 saturated heterocycles. The third-order valence-corrected chi connectivity index (χ3v) is 11.6. The number of amides is 1. The average molecular weight is 766 g/mol. The lowest BCUT2D eigenvalue weighted by atomic mass is 9.67. The molecule has 3 aromatic carbocycles. The molecule has 9 nitrogen and oxygen atoms in total. The Morgan fingerprint density at radius 2 is 1.58 bits per heavy atom. The fraction of sp³-hybridized carbons (Fsp3) is 0.486. The zero-order chi connectivity index (χ0) is 37.2. The number of aryl methyl sites for hydroxylation is 1. The molecular weight excluding hydrogens is 713 g/mol. The lowest BCUT2D eigenvalue weighted by Gasteiger charge is -2.50. The number of phosphoric ester groups is 1. The van der Waals surface area contributed by atoms with Crippen LogP contribution < -0.4 is 10.1 Å². The quantitative estimate of drug-likeness (QED) is 0.106. The minimum Gasteiger partial charge on any atom is -0.489 e. The summed E-state index contributed by atoms with van der Waals surface area (Å²) in [7, 11) is -3.08. The Morgan fingerprint density at radius 1 is 0.920 bits per heavy atom. The van der Waals surface area contributed by atoms with Crippen molar-refractivity contribution in [2.24, 2.45) is 5.41 Å². The Balaban J connectivity index is 1.91. The molecule has 0 aliphatic carbocycles. The van der Waals surface area contributed by atoms with Gasteiger partial charge in [0.1, 0.15) is 24.1 Å². The van der Waals surface area contributed by atoms with Gasteiger partial charge in [0.05, 0.1) is 12.1 Å². The number of ether oxygens (including phenoxy) is 2. The molecule has 2 atom stereocenters. The minimum absolute atomic E-state index is 0.0467. The van der Waals surface area contributed by atoms with Gasteiger partial charge in [0.15, 0.2) is 9.04 Å². The van der Waals surface area contributed by atoms with Gasteiger partial charge in [-0.25, -0.2) is 9.36 Å². The Morgan fingerprint density at radius 3 is 2.16 bits per heavy atom. The molecule has 0 bridgehead atoms. The SMILES string of the molecule is COP(=O)(OC)OC(CO[SiH](C)C)C(CCc1ccc(Sc2cccc(OCc3ccccc3)c2)cc1Cl)(NC(=O)OC(C)(C)C)C(C)(C)C. The summed E-state index contributed by atoms with van der Waals surface area (Å²) in [4.78, 5) is 15.5. The molecule has 1 N–H and O–H groups in total. The Hall–Kier alpha value is -2.34. The lowest BCUT2D eigenvalue weighted by molar-refractivity contribution is -0.0479. The molecule has 0 heterocycles. The molecule has 0 aliphatic rings. The summed E-state index contributed by atoms with van der Waals surface area (Å²) in [5.74, 6) is 0.782. The summed E-state index contributed by atoms with van der Waals surface area (Å²) in [5, 5.41) is 3.72. The van der Waals surface area contributed by atoms with Crippen molar-refractivity contribution in [1.82, 2.24) is 5.32 Å². The third-order valence-electron chi connectivity index (χ3n) is 8.00. The highest BCUT2D eigenvalue weighted by Gasteiger charge is 2.53. The van der Waals surface area contributed by atoms with Crippen LogP contribution in [0.1, 0.15) is 59.1 Å². The number of nitrogens with one attached hydrogen (secondary N) is 1. The molecule has 0 aromatic heterocycles. The summed E-state index contributed by atoms with van der Waals surface area (Å²) >= 11 is 8.51. The van der Waals surface area contributed by atoms with Crippen molar-refractivity contribution in [3.63, 3.8) is 0 Å². The van der Waals surface area contributed by atoms with Crippen LogP contribution in [0.2, 0.25) is 18.1 Å². The van der Waals surface area contributed by atoms with Crippen LogP contribution in [0.15, 0.2) is 82.6 Å². The molecule has 276 valence electrons. The molecular formula is C37H53ClNO8PSSi. The fourth-order valence-electron chi connectivity index (χ4n) is 5.32. The number of halogens is 1. The molecule has 1 amide bonds. The van der Waals surface area contributed by atoms with Gasteiger partial charge in [0.25, 0.3) is 0 Å². The van der Waals surface area contributed by atoms with Gasteiger partial charge in [-0.15, -0.1) is 0 Å². The molecule has 13 heteroatoms. The lowest BCUT2D eigenvalue weighted by Crippen LogP contribution is -2.66. The highest BCUT2D eigenvalue weighted by atomic mass is 35.5. The topological polar surface area (TPSA) is 102 Å². The maximum absolute atomic E-state index is 13.5. The number of phosphoric acid groups is 1. The Bertz CT molecular complexity index is 1580. The van der Waals surface area contributed by atoms with Crippen LogP contribution in [0.5, 0.6) is 5.75 Å². The van der Waals surface area contributed by atoms with Gasteiger partial charge in [-0.3, -0.25) is 13.6 Å². The second-order valence-electron chi connectivity index (χ2n) is 14.2. The predicted molar refractivity (Wildman–Crippen MR) is 204 cm³/mol. The predicted octanol–water partition coefficient (Wildman–Crippen LogP) is 10.1. The van der Waals surface area contributed by atoms with Crippen LogP contribution in [0.4, 0.5) is 4.79 Å². The molecule has 0 radical (unpaired) electrons. The normalized spacial score (nSPS) is 14.2. The van der Waals surface area contributed by atoms with E-state index < -0.39 is 45.6 Å². The van der Waals surface area contributed by atoms with Crippen molar-refractivity contribution in [1.29, 1.82) is 0 Å². The van der Waals surface area contributed by atoms with E-state index in [1.165, 1.54) is 14.2 Å². The number of hydrogen-bond acceptors (Lipinski definition) is 9. The molecule has 3 aromatic rings. The van der Waals surface area contributed by atoms with Crippen molar-refractivity contribution in [3.8, 4) is 5.75 Å². The van der Waals surface area contributed by atoms with E-state index in [1.807, 2.05) is 107 Å². The fourth-order valence-corrected chi connectivity index (χ4v) is 8.00. The van der Waals surface area contributed by atoms with Gasteiger partial charge in [-0.2, -0.15) is 0 Å². The first-order valence-electron chi connectivity index (χ1n) is 16.6. The van der Waals surface area contributed by atoms with Crippen molar-refractivity contribution < 1.29 is 36.8 Å². The molecule has 50 heavy (non-hydrogen) atoms. The van der Waals surface area contributed by atoms with Crippen LogP contribution in [-0.2, 0) is 40.3 Å².